The third kappa shape index (κ3) is 12.2. The molecule has 0 aliphatic rings. The van der Waals surface area contributed by atoms with Gasteiger partial charge in [-0.3, -0.25) is 0 Å². The fraction of sp³-hybridized carbons (Fsp3) is 0.792. The van der Waals surface area contributed by atoms with Crippen molar-refractivity contribution in [3.63, 3.8) is 0 Å². The first-order valence-corrected chi connectivity index (χ1v) is 11.3. The van der Waals surface area contributed by atoms with Crippen LogP contribution in [-0.4, -0.2) is 0 Å². The second-order valence-electron chi connectivity index (χ2n) is 7.80. The van der Waals surface area contributed by atoms with Gasteiger partial charge >= 0.3 is 0 Å². The Hall–Kier alpha value is -0.850. The van der Waals surface area contributed by atoms with E-state index in [2.05, 4.69) is 49.0 Å². The van der Waals surface area contributed by atoms with Crippen molar-refractivity contribution >= 4 is 0 Å². The summed E-state index contributed by atoms with van der Waals surface area (Å²) in [4.78, 5) is 0. The van der Waals surface area contributed by atoms with Crippen LogP contribution in [0, 0.1) is 0 Å². The Kier molecular flexibility index (Phi) is 14.7. The zero-order chi connectivity index (χ0) is 18.0. The Morgan fingerprint density at radius 2 is 0.960 bits per heavy atom. The van der Waals surface area contributed by atoms with Gasteiger partial charge in [0.05, 0.1) is 0 Å². The van der Waals surface area contributed by atoms with Gasteiger partial charge in [0, 0.05) is 25.0 Å². The van der Waals surface area contributed by atoms with Crippen molar-refractivity contribution in [3.8, 4) is 0 Å². The van der Waals surface area contributed by atoms with Crippen molar-refractivity contribution in [2.45, 2.75) is 123 Å². The van der Waals surface area contributed by atoms with Crippen molar-refractivity contribution in [1.29, 1.82) is 0 Å². The first-order chi connectivity index (χ1) is 12.4. The normalized spacial score (nSPS) is 12.4. The molecule has 1 unspecified atom stereocenters. The van der Waals surface area contributed by atoms with E-state index in [9.17, 15) is 0 Å². The van der Waals surface area contributed by atoms with E-state index in [1.807, 2.05) is 0 Å². The molecule has 0 amide bonds. The van der Waals surface area contributed by atoms with Crippen molar-refractivity contribution in [2.24, 2.45) is 0 Å². The van der Waals surface area contributed by atoms with Crippen LogP contribution >= 0.6 is 0 Å². The molecular formula is C24H44N+. The minimum absolute atomic E-state index is 0.712. The number of nitrogens with zero attached hydrogens (tertiary/aromatic N) is 1. The van der Waals surface area contributed by atoms with E-state index in [1.54, 1.807) is 0 Å². The van der Waals surface area contributed by atoms with Gasteiger partial charge in [0.2, 0.25) is 0 Å². The highest BCUT2D eigenvalue weighted by atomic mass is 15.0. The van der Waals surface area contributed by atoms with Crippen LogP contribution in [-0.2, 0) is 0 Å². The van der Waals surface area contributed by atoms with E-state index in [4.69, 9.17) is 0 Å². The molecule has 0 aliphatic heterocycles. The van der Waals surface area contributed by atoms with Gasteiger partial charge in [-0.15, -0.1) is 0 Å². The lowest BCUT2D eigenvalue weighted by Crippen LogP contribution is -2.38. The van der Waals surface area contributed by atoms with Crippen LogP contribution in [0.1, 0.15) is 123 Å². The summed E-state index contributed by atoms with van der Waals surface area (Å²) in [5.41, 5.74) is 0. The van der Waals surface area contributed by atoms with Gasteiger partial charge in [0.25, 0.3) is 0 Å². The summed E-state index contributed by atoms with van der Waals surface area (Å²) in [6.07, 6.45) is 27.1. The standard InChI is InChI=1S/C24H44N/c1-3-5-7-8-9-10-11-12-13-14-15-17-21-24(20-6-4-2)25-22-18-16-19-23-25/h16,18-19,22-24H,3-15,17,20-21H2,1-2H3/q+1. The maximum absolute atomic E-state index is 2.44. The number of rotatable bonds is 17. The molecule has 1 atom stereocenters. The van der Waals surface area contributed by atoms with E-state index in [1.165, 1.54) is 103 Å². The van der Waals surface area contributed by atoms with Gasteiger partial charge in [-0.05, 0) is 12.8 Å². The Bertz CT molecular complexity index is 373. The Balaban J connectivity index is 2.01. The van der Waals surface area contributed by atoms with Crippen molar-refractivity contribution in [2.75, 3.05) is 0 Å². The summed E-state index contributed by atoms with van der Waals surface area (Å²) in [6.45, 7) is 4.60. The van der Waals surface area contributed by atoms with Crippen LogP contribution < -0.4 is 4.57 Å². The minimum atomic E-state index is 0.712. The molecule has 1 rings (SSSR count). The molecule has 0 fully saturated rings. The van der Waals surface area contributed by atoms with E-state index >= 15 is 0 Å². The van der Waals surface area contributed by atoms with Crippen molar-refractivity contribution in [3.05, 3.63) is 30.6 Å². The first kappa shape index (κ1) is 22.2. The van der Waals surface area contributed by atoms with E-state index < -0.39 is 0 Å². The number of aromatic nitrogens is 1. The summed E-state index contributed by atoms with van der Waals surface area (Å²) in [5, 5.41) is 0. The van der Waals surface area contributed by atoms with Gasteiger partial charge in [-0.25, -0.2) is 4.57 Å². The number of pyridine rings is 1. The number of unbranched alkanes of at least 4 members (excludes halogenated alkanes) is 12. The molecular weight excluding hydrogens is 302 g/mol. The van der Waals surface area contributed by atoms with Crippen LogP contribution in [0.5, 0.6) is 0 Å². The second kappa shape index (κ2) is 16.6. The zero-order valence-corrected chi connectivity index (χ0v) is 17.2. The Morgan fingerprint density at radius 3 is 1.48 bits per heavy atom. The predicted octanol–water partition coefficient (Wildman–Crippen LogP) is 7.80. The SMILES string of the molecule is CCCCCCCCCCCCCCC(CCCC)[n+]1ccccc1. The molecule has 0 aliphatic carbocycles. The lowest BCUT2D eigenvalue weighted by Gasteiger charge is -2.12. The molecule has 0 saturated carbocycles. The third-order valence-corrected chi connectivity index (χ3v) is 5.44. The van der Waals surface area contributed by atoms with Crippen molar-refractivity contribution in [1.82, 2.24) is 0 Å². The summed E-state index contributed by atoms with van der Waals surface area (Å²) in [7, 11) is 0. The summed E-state index contributed by atoms with van der Waals surface area (Å²) in [6, 6.07) is 7.17. The first-order valence-electron chi connectivity index (χ1n) is 11.3. The maximum Gasteiger partial charge on any atom is 0.169 e. The molecule has 0 aromatic carbocycles. The molecule has 0 radical (unpaired) electrons. The highest BCUT2D eigenvalue weighted by molar-refractivity contribution is 4.84. The predicted molar refractivity (Wildman–Crippen MR) is 111 cm³/mol. The quantitative estimate of drug-likeness (QED) is 0.200. The molecule has 144 valence electrons. The molecule has 1 aromatic heterocycles. The van der Waals surface area contributed by atoms with Crippen LogP contribution in [0.15, 0.2) is 30.6 Å². The van der Waals surface area contributed by atoms with Gasteiger partial charge in [-0.2, -0.15) is 0 Å². The van der Waals surface area contributed by atoms with Crippen LogP contribution in [0.25, 0.3) is 0 Å². The van der Waals surface area contributed by atoms with E-state index in [0.717, 1.165) is 0 Å². The fourth-order valence-electron chi connectivity index (χ4n) is 3.76. The maximum atomic E-state index is 2.44. The summed E-state index contributed by atoms with van der Waals surface area (Å²) in [5.74, 6) is 0. The second-order valence-corrected chi connectivity index (χ2v) is 7.80. The molecule has 1 heteroatoms. The average Bonchev–Trinajstić information content (AvgIpc) is 2.65. The summed E-state index contributed by atoms with van der Waals surface area (Å²) < 4.78 is 2.44. The molecule has 0 bridgehead atoms. The van der Waals surface area contributed by atoms with Gasteiger partial charge in [0.15, 0.2) is 18.4 Å². The Morgan fingerprint density at radius 1 is 0.520 bits per heavy atom. The Labute approximate surface area is 158 Å². The topological polar surface area (TPSA) is 3.88 Å². The van der Waals surface area contributed by atoms with Gasteiger partial charge in [-0.1, -0.05) is 97.0 Å². The molecule has 1 aromatic rings. The lowest BCUT2D eigenvalue weighted by atomic mass is 10.0. The molecule has 1 nitrogen and oxygen atoms in total. The molecule has 25 heavy (non-hydrogen) atoms. The molecule has 0 saturated heterocycles. The van der Waals surface area contributed by atoms with Gasteiger partial charge in [0.1, 0.15) is 0 Å². The van der Waals surface area contributed by atoms with Crippen LogP contribution in [0.3, 0.4) is 0 Å². The van der Waals surface area contributed by atoms with Crippen molar-refractivity contribution < 1.29 is 4.57 Å². The highest BCUT2D eigenvalue weighted by Gasteiger charge is 2.16. The monoisotopic (exact) mass is 346 g/mol. The molecule has 1 heterocycles. The number of hydrogen-bond donors (Lipinski definition) is 0. The van der Waals surface area contributed by atoms with E-state index in [0.29, 0.717) is 6.04 Å². The zero-order valence-electron chi connectivity index (χ0n) is 17.2. The van der Waals surface area contributed by atoms with Crippen LogP contribution in [0.2, 0.25) is 0 Å². The van der Waals surface area contributed by atoms with E-state index in [-0.39, 0.29) is 0 Å². The van der Waals surface area contributed by atoms with Gasteiger partial charge < -0.3 is 0 Å². The average molecular weight is 347 g/mol. The third-order valence-electron chi connectivity index (χ3n) is 5.44. The number of hydrogen-bond acceptors (Lipinski definition) is 0. The fourth-order valence-corrected chi connectivity index (χ4v) is 3.76. The molecule has 0 N–H and O–H groups in total. The largest absolute Gasteiger partial charge is 0.202 e. The molecule has 0 spiro atoms. The minimum Gasteiger partial charge on any atom is -0.202 e. The van der Waals surface area contributed by atoms with Crippen LogP contribution in [0.4, 0.5) is 0 Å². The lowest BCUT2D eigenvalue weighted by molar-refractivity contribution is -0.724. The highest BCUT2D eigenvalue weighted by Crippen LogP contribution is 2.18. The summed E-state index contributed by atoms with van der Waals surface area (Å²) >= 11 is 0. The smallest absolute Gasteiger partial charge is 0.169 e.